The molecule has 0 amide bonds. The maximum Gasteiger partial charge on any atom is 0.0915 e. The third kappa shape index (κ3) is 5.58. The van der Waals surface area contributed by atoms with Crippen LogP contribution in [0.1, 0.15) is 38.4 Å². The summed E-state index contributed by atoms with van der Waals surface area (Å²) in [6.07, 6.45) is 7.59. The number of hydrogen-bond donors (Lipinski definition) is 2. The Morgan fingerprint density at radius 3 is 2.67 bits per heavy atom. The van der Waals surface area contributed by atoms with Crippen molar-refractivity contribution in [3.63, 3.8) is 0 Å². The van der Waals surface area contributed by atoms with Gasteiger partial charge in [0.1, 0.15) is 0 Å². The van der Waals surface area contributed by atoms with Gasteiger partial charge in [-0.15, -0.1) is 0 Å². The summed E-state index contributed by atoms with van der Waals surface area (Å²) in [7, 11) is 0. The Morgan fingerprint density at radius 2 is 2.05 bits per heavy atom. The number of allylic oxidation sites excluding steroid dienone is 1. The predicted octanol–water partition coefficient (Wildman–Crippen LogP) is 2.14. The fraction of sp³-hybridized carbons (Fsp3) is 0.588. The number of aliphatic hydroxyl groups is 1. The van der Waals surface area contributed by atoms with E-state index in [2.05, 4.69) is 35.1 Å². The van der Waals surface area contributed by atoms with Gasteiger partial charge in [-0.3, -0.25) is 9.88 Å². The zero-order valence-electron chi connectivity index (χ0n) is 13.1. The molecule has 0 bridgehead atoms. The van der Waals surface area contributed by atoms with Gasteiger partial charge < -0.3 is 10.4 Å². The molecule has 4 nitrogen and oxygen atoms in total. The second-order valence-corrected chi connectivity index (χ2v) is 6.06. The number of nitrogens with zero attached hydrogens (tertiary/aromatic N) is 2. The molecule has 0 aromatic carbocycles. The van der Waals surface area contributed by atoms with Crippen LogP contribution < -0.4 is 5.32 Å². The molecule has 4 heteroatoms. The van der Waals surface area contributed by atoms with Crippen LogP contribution in [-0.2, 0) is 0 Å². The maximum absolute atomic E-state index is 10.1. The van der Waals surface area contributed by atoms with Crippen molar-refractivity contribution >= 4 is 0 Å². The van der Waals surface area contributed by atoms with Crippen molar-refractivity contribution in [2.45, 2.75) is 38.8 Å². The normalized spacial score (nSPS) is 18.4. The van der Waals surface area contributed by atoms with Gasteiger partial charge in [0.25, 0.3) is 0 Å². The van der Waals surface area contributed by atoms with E-state index in [1.165, 1.54) is 5.57 Å². The standard InChI is InChI=1S/C17H27N3O/c1-14(2)5-10-20-11-6-16(7-12-20)19-13-17(21)15-3-8-18-9-4-15/h3-5,8-9,16-17,19,21H,6-7,10-13H2,1-2H3. The molecule has 1 atom stereocenters. The van der Waals surface area contributed by atoms with Crippen LogP contribution in [0.2, 0.25) is 0 Å². The Balaban J connectivity index is 1.68. The number of nitrogens with one attached hydrogen (secondary N) is 1. The van der Waals surface area contributed by atoms with Crippen LogP contribution in [0.5, 0.6) is 0 Å². The molecule has 1 aliphatic heterocycles. The number of likely N-dealkylation sites (tertiary alicyclic amines) is 1. The number of hydrogen-bond acceptors (Lipinski definition) is 4. The molecule has 0 radical (unpaired) electrons. The van der Waals surface area contributed by atoms with Gasteiger partial charge in [-0.05, 0) is 57.5 Å². The molecule has 1 aromatic heterocycles. The summed E-state index contributed by atoms with van der Waals surface area (Å²) in [6, 6.07) is 4.26. The molecule has 0 aliphatic carbocycles. The average Bonchev–Trinajstić information content (AvgIpc) is 2.52. The lowest BCUT2D eigenvalue weighted by atomic mass is 10.0. The first-order valence-corrected chi connectivity index (χ1v) is 7.82. The van der Waals surface area contributed by atoms with Crippen LogP contribution in [0.3, 0.4) is 0 Å². The molecular weight excluding hydrogens is 262 g/mol. The lowest BCUT2D eigenvalue weighted by Crippen LogP contribution is -2.43. The molecule has 1 aromatic rings. The number of pyridine rings is 1. The lowest BCUT2D eigenvalue weighted by molar-refractivity contribution is 0.155. The first kappa shape index (κ1) is 16.1. The molecule has 0 spiro atoms. The first-order valence-electron chi connectivity index (χ1n) is 7.82. The van der Waals surface area contributed by atoms with E-state index in [0.29, 0.717) is 12.6 Å². The lowest BCUT2D eigenvalue weighted by Gasteiger charge is -2.32. The molecule has 1 fully saturated rings. The quantitative estimate of drug-likeness (QED) is 0.788. The van der Waals surface area contributed by atoms with Gasteiger partial charge in [-0.1, -0.05) is 11.6 Å². The monoisotopic (exact) mass is 289 g/mol. The minimum Gasteiger partial charge on any atom is -0.387 e. The second-order valence-electron chi connectivity index (χ2n) is 6.06. The van der Waals surface area contributed by atoms with Crippen molar-refractivity contribution in [2.24, 2.45) is 0 Å². The molecule has 1 saturated heterocycles. The first-order chi connectivity index (χ1) is 10.1. The molecule has 1 unspecified atom stereocenters. The fourth-order valence-electron chi connectivity index (χ4n) is 2.61. The third-order valence-electron chi connectivity index (χ3n) is 4.04. The highest BCUT2D eigenvalue weighted by atomic mass is 16.3. The van der Waals surface area contributed by atoms with Gasteiger partial charge in [-0.25, -0.2) is 0 Å². The third-order valence-corrected chi connectivity index (χ3v) is 4.04. The highest BCUT2D eigenvalue weighted by molar-refractivity contribution is 5.13. The smallest absolute Gasteiger partial charge is 0.0915 e. The van der Waals surface area contributed by atoms with E-state index in [1.54, 1.807) is 12.4 Å². The molecule has 1 aliphatic rings. The molecule has 2 heterocycles. The van der Waals surface area contributed by atoms with Crippen LogP contribution in [0, 0.1) is 0 Å². The Kier molecular flexibility index (Phi) is 6.36. The number of aliphatic hydroxyl groups excluding tert-OH is 1. The highest BCUT2D eigenvalue weighted by Gasteiger charge is 2.19. The number of piperidine rings is 1. The molecular formula is C17H27N3O. The summed E-state index contributed by atoms with van der Waals surface area (Å²) in [5.41, 5.74) is 2.31. The van der Waals surface area contributed by atoms with Gasteiger partial charge in [0.05, 0.1) is 6.10 Å². The van der Waals surface area contributed by atoms with E-state index in [-0.39, 0.29) is 0 Å². The minimum absolute atomic E-state index is 0.447. The summed E-state index contributed by atoms with van der Waals surface area (Å²) in [5, 5.41) is 13.6. The van der Waals surface area contributed by atoms with Crippen molar-refractivity contribution in [2.75, 3.05) is 26.2 Å². The second kappa shape index (κ2) is 8.27. The average molecular weight is 289 g/mol. The van der Waals surface area contributed by atoms with Gasteiger partial charge >= 0.3 is 0 Å². The fourth-order valence-corrected chi connectivity index (χ4v) is 2.61. The Labute approximate surface area is 127 Å². The van der Waals surface area contributed by atoms with Gasteiger partial charge in [-0.2, -0.15) is 0 Å². The van der Waals surface area contributed by atoms with Crippen LogP contribution in [-0.4, -0.2) is 47.2 Å². The SMILES string of the molecule is CC(C)=CCN1CCC(NCC(O)c2ccncc2)CC1. The van der Waals surface area contributed by atoms with Gasteiger partial charge in [0, 0.05) is 31.5 Å². The van der Waals surface area contributed by atoms with E-state index < -0.39 is 6.10 Å². The van der Waals surface area contributed by atoms with Crippen LogP contribution in [0.25, 0.3) is 0 Å². The van der Waals surface area contributed by atoms with E-state index in [0.717, 1.165) is 38.0 Å². The van der Waals surface area contributed by atoms with Crippen molar-refractivity contribution in [3.05, 3.63) is 41.7 Å². The van der Waals surface area contributed by atoms with Crippen LogP contribution in [0.15, 0.2) is 36.2 Å². The molecule has 2 rings (SSSR count). The minimum atomic E-state index is -0.447. The number of rotatable bonds is 6. The van der Waals surface area contributed by atoms with E-state index in [4.69, 9.17) is 0 Å². The van der Waals surface area contributed by atoms with E-state index in [1.807, 2.05) is 12.1 Å². The highest BCUT2D eigenvalue weighted by Crippen LogP contribution is 2.14. The van der Waals surface area contributed by atoms with Gasteiger partial charge in [0.2, 0.25) is 0 Å². The Morgan fingerprint density at radius 1 is 1.38 bits per heavy atom. The van der Waals surface area contributed by atoms with Crippen molar-refractivity contribution in [1.29, 1.82) is 0 Å². The van der Waals surface area contributed by atoms with Crippen molar-refractivity contribution in [1.82, 2.24) is 15.2 Å². The van der Waals surface area contributed by atoms with Gasteiger partial charge in [0.15, 0.2) is 0 Å². The summed E-state index contributed by atoms with van der Waals surface area (Å²) in [6.45, 7) is 8.24. The topological polar surface area (TPSA) is 48.4 Å². The van der Waals surface area contributed by atoms with E-state index >= 15 is 0 Å². The van der Waals surface area contributed by atoms with Crippen LogP contribution in [0.4, 0.5) is 0 Å². The zero-order valence-corrected chi connectivity index (χ0v) is 13.1. The Hall–Kier alpha value is -1.23. The molecule has 21 heavy (non-hydrogen) atoms. The zero-order chi connectivity index (χ0) is 15.1. The summed E-state index contributed by atoms with van der Waals surface area (Å²) in [5.74, 6) is 0. The summed E-state index contributed by atoms with van der Waals surface area (Å²) in [4.78, 5) is 6.46. The molecule has 2 N–H and O–H groups in total. The van der Waals surface area contributed by atoms with Crippen molar-refractivity contribution in [3.8, 4) is 0 Å². The van der Waals surface area contributed by atoms with Crippen molar-refractivity contribution < 1.29 is 5.11 Å². The number of aromatic nitrogens is 1. The van der Waals surface area contributed by atoms with E-state index in [9.17, 15) is 5.11 Å². The summed E-state index contributed by atoms with van der Waals surface area (Å²) >= 11 is 0. The maximum atomic E-state index is 10.1. The predicted molar refractivity (Wildman–Crippen MR) is 86.1 cm³/mol. The summed E-state index contributed by atoms with van der Waals surface area (Å²) < 4.78 is 0. The molecule has 116 valence electrons. The Bertz CT molecular complexity index is 435. The van der Waals surface area contributed by atoms with Crippen LogP contribution >= 0.6 is 0 Å². The largest absolute Gasteiger partial charge is 0.387 e. The molecule has 0 saturated carbocycles.